The molecule has 0 bridgehead atoms. The Morgan fingerprint density at radius 3 is 2.15 bits per heavy atom. The van der Waals surface area contributed by atoms with E-state index in [9.17, 15) is 0 Å². The summed E-state index contributed by atoms with van der Waals surface area (Å²) in [7, 11) is 0. The van der Waals surface area contributed by atoms with Gasteiger partial charge in [0.2, 0.25) is 0 Å². The molecule has 2 heteroatoms. The number of hydrogen-bond donors (Lipinski definition) is 2. The molecular weight excluding hydrogens is 164 g/mol. The van der Waals surface area contributed by atoms with Gasteiger partial charge >= 0.3 is 0 Å². The summed E-state index contributed by atoms with van der Waals surface area (Å²) in [6.07, 6.45) is 8.21. The van der Waals surface area contributed by atoms with Gasteiger partial charge in [-0.1, -0.05) is 39.0 Å². The number of rotatable bonds is 9. The quantitative estimate of drug-likeness (QED) is 0.545. The van der Waals surface area contributed by atoms with E-state index in [2.05, 4.69) is 6.92 Å². The zero-order valence-electron chi connectivity index (χ0n) is 8.84. The Labute approximate surface area is 82.0 Å². The standard InChI is InChI=1S/C11H24O2/c1-2-3-4-5-6-7-11(10-13)8-9-12/h11-13H,2-10H2,1H3/t11-/m1/s1. The molecule has 0 unspecified atom stereocenters. The van der Waals surface area contributed by atoms with Gasteiger partial charge in [0, 0.05) is 13.2 Å². The molecule has 0 aromatic rings. The van der Waals surface area contributed by atoms with E-state index >= 15 is 0 Å². The molecule has 0 aromatic heterocycles. The van der Waals surface area contributed by atoms with Crippen molar-refractivity contribution in [2.75, 3.05) is 13.2 Å². The third kappa shape index (κ3) is 8.26. The predicted octanol–water partition coefficient (Wildman–Crippen LogP) is 2.34. The number of unbranched alkanes of at least 4 members (excludes halogenated alkanes) is 4. The van der Waals surface area contributed by atoms with Crippen LogP contribution in [0.4, 0.5) is 0 Å². The normalized spacial score (nSPS) is 13.2. The molecule has 2 N–H and O–H groups in total. The van der Waals surface area contributed by atoms with Crippen molar-refractivity contribution in [3.8, 4) is 0 Å². The van der Waals surface area contributed by atoms with Gasteiger partial charge in [-0.15, -0.1) is 0 Å². The molecule has 1 atom stereocenters. The minimum absolute atomic E-state index is 0.209. The lowest BCUT2D eigenvalue weighted by atomic mass is 9.98. The van der Waals surface area contributed by atoms with Gasteiger partial charge in [-0.25, -0.2) is 0 Å². The van der Waals surface area contributed by atoms with E-state index in [-0.39, 0.29) is 13.2 Å². The molecule has 0 heterocycles. The van der Waals surface area contributed by atoms with Gasteiger partial charge in [0.1, 0.15) is 0 Å². The van der Waals surface area contributed by atoms with E-state index in [1.807, 2.05) is 0 Å². The molecule has 0 spiro atoms. The molecule has 0 saturated heterocycles. The topological polar surface area (TPSA) is 40.5 Å². The van der Waals surface area contributed by atoms with Crippen molar-refractivity contribution in [1.82, 2.24) is 0 Å². The highest BCUT2D eigenvalue weighted by Gasteiger charge is 2.05. The Kier molecular flexibility index (Phi) is 9.94. The van der Waals surface area contributed by atoms with Crippen LogP contribution in [0.2, 0.25) is 0 Å². The minimum atomic E-state index is 0.209. The fourth-order valence-corrected chi connectivity index (χ4v) is 1.55. The van der Waals surface area contributed by atoms with E-state index in [0.29, 0.717) is 5.92 Å². The van der Waals surface area contributed by atoms with Gasteiger partial charge in [0.05, 0.1) is 0 Å². The van der Waals surface area contributed by atoms with Crippen LogP contribution < -0.4 is 0 Å². The van der Waals surface area contributed by atoms with E-state index < -0.39 is 0 Å². The van der Waals surface area contributed by atoms with Gasteiger partial charge in [-0.2, -0.15) is 0 Å². The summed E-state index contributed by atoms with van der Waals surface area (Å²) in [6, 6.07) is 0. The van der Waals surface area contributed by atoms with Crippen LogP contribution in [0, 0.1) is 5.92 Å². The first-order valence-electron chi connectivity index (χ1n) is 5.56. The van der Waals surface area contributed by atoms with Crippen LogP contribution in [0.3, 0.4) is 0 Å². The zero-order valence-corrected chi connectivity index (χ0v) is 8.84. The first-order chi connectivity index (χ1) is 6.35. The Bertz CT molecular complexity index is 94.1. The highest BCUT2D eigenvalue weighted by Crippen LogP contribution is 2.13. The summed E-state index contributed by atoms with van der Waals surface area (Å²) in [6.45, 7) is 2.65. The van der Waals surface area contributed by atoms with E-state index in [1.54, 1.807) is 0 Å². The first-order valence-corrected chi connectivity index (χ1v) is 5.56. The van der Waals surface area contributed by atoms with Crippen LogP contribution in [0.15, 0.2) is 0 Å². The van der Waals surface area contributed by atoms with Gasteiger partial charge in [-0.3, -0.25) is 0 Å². The maximum absolute atomic E-state index is 8.95. The molecule has 80 valence electrons. The largest absolute Gasteiger partial charge is 0.396 e. The van der Waals surface area contributed by atoms with E-state index in [4.69, 9.17) is 10.2 Å². The van der Waals surface area contributed by atoms with Crippen LogP contribution in [0.25, 0.3) is 0 Å². The molecule has 0 rings (SSSR count). The lowest BCUT2D eigenvalue weighted by Crippen LogP contribution is -2.07. The molecule has 0 aliphatic rings. The van der Waals surface area contributed by atoms with Gasteiger partial charge in [-0.05, 0) is 18.8 Å². The highest BCUT2D eigenvalue weighted by molar-refractivity contribution is 4.57. The molecule has 0 aromatic carbocycles. The summed E-state index contributed by atoms with van der Waals surface area (Å²) in [5.74, 6) is 0.326. The average molecular weight is 188 g/mol. The maximum Gasteiger partial charge on any atom is 0.0460 e. The van der Waals surface area contributed by atoms with Crippen molar-refractivity contribution >= 4 is 0 Å². The zero-order chi connectivity index (χ0) is 9.94. The predicted molar refractivity (Wildman–Crippen MR) is 55.7 cm³/mol. The third-order valence-corrected chi connectivity index (χ3v) is 2.51. The number of aliphatic hydroxyl groups excluding tert-OH is 2. The molecule has 0 saturated carbocycles. The first kappa shape index (κ1) is 12.9. The van der Waals surface area contributed by atoms with E-state index in [1.165, 1.54) is 32.1 Å². The van der Waals surface area contributed by atoms with Crippen LogP contribution >= 0.6 is 0 Å². The molecule has 2 nitrogen and oxygen atoms in total. The van der Waals surface area contributed by atoms with Crippen molar-refractivity contribution < 1.29 is 10.2 Å². The molecule has 13 heavy (non-hydrogen) atoms. The van der Waals surface area contributed by atoms with Crippen molar-refractivity contribution in [2.45, 2.75) is 51.9 Å². The summed E-state index contributed by atoms with van der Waals surface area (Å²) >= 11 is 0. The van der Waals surface area contributed by atoms with Gasteiger partial charge in [0.25, 0.3) is 0 Å². The lowest BCUT2D eigenvalue weighted by molar-refractivity contribution is 0.174. The van der Waals surface area contributed by atoms with Crippen LogP contribution in [0.1, 0.15) is 51.9 Å². The fourth-order valence-electron chi connectivity index (χ4n) is 1.55. The Morgan fingerprint density at radius 2 is 1.62 bits per heavy atom. The number of hydrogen-bond acceptors (Lipinski definition) is 2. The summed E-state index contributed by atoms with van der Waals surface area (Å²) in [4.78, 5) is 0. The summed E-state index contributed by atoms with van der Waals surface area (Å²) < 4.78 is 0. The average Bonchev–Trinajstić information content (AvgIpc) is 2.16. The minimum Gasteiger partial charge on any atom is -0.396 e. The number of aliphatic hydroxyl groups is 2. The molecule has 0 amide bonds. The summed E-state index contributed by atoms with van der Waals surface area (Å²) in [5.41, 5.74) is 0. The van der Waals surface area contributed by atoms with E-state index in [0.717, 1.165) is 12.8 Å². The van der Waals surface area contributed by atoms with Crippen LogP contribution in [0.5, 0.6) is 0 Å². The van der Waals surface area contributed by atoms with Crippen LogP contribution in [-0.2, 0) is 0 Å². The molecule has 0 aliphatic carbocycles. The monoisotopic (exact) mass is 188 g/mol. The second-order valence-electron chi connectivity index (χ2n) is 3.76. The van der Waals surface area contributed by atoms with Crippen LogP contribution in [-0.4, -0.2) is 23.4 Å². The Hall–Kier alpha value is -0.0800. The fraction of sp³-hybridized carbons (Fsp3) is 1.00. The highest BCUT2D eigenvalue weighted by atomic mass is 16.3. The molecule has 0 fully saturated rings. The van der Waals surface area contributed by atoms with Gasteiger partial charge in [0.15, 0.2) is 0 Å². The maximum atomic E-state index is 8.95. The SMILES string of the molecule is CCCCCCC[C@@H](CO)CCO. The van der Waals surface area contributed by atoms with Crippen molar-refractivity contribution in [2.24, 2.45) is 5.92 Å². The second kappa shape index (κ2) is 10.0. The van der Waals surface area contributed by atoms with Crippen molar-refractivity contribution in [1.29, 1.82) is 0 Å². The van der Waals surface area contributed by atoms with Crippen molar-refractivity contribution in [3.63, 3.8) is 0 Å². The molecule has 0 radical (unpaired) electrons. The third-order valence-electron chi connectivity index (χ3n) is 2.51. The Morgan fingerprint density at radius 1 is 0.923 bits per heavy atom. The molecule has 0 aliphatic heterocycles. The summed E-state index contributed by atoms with van der Waals surface area (Å²) in [5, 5.41) is 17.6. The lowest BCUT2D eigenvalue weighted by Gasteiger charge is -2.11. The Balaban J connectivity index is 3.17. The van der Waals surface area contributed by atoms with Crippen molar-refractivity contribution in [3.05, 3.63) is 0 Å². The smallest absolute Gasteiger partial charge is 0.0460 e. The second-order valence-corrected chi connectivity index (χ2v) is 3.76. The molecular formula is C11H24O2. The van der Waals surface area contributed by atoms with Gasteiger partial charge < -0.3 is 10.2 Å².